The molecule has 0 saturated carbocycles. The molecule has 1 aliphatic rings. The number of anilines is 1. The van der Waals surface area contributed by atoms with Gasteiger partial charge < -0.3 is 4.90 Å². The minimum atomic E-state index is -0.0206. The highest BCUT2D eigenvalue weighted by Crippen LogP contribution is 2.37. The van der Waals surface area contributed by atoms with E-state index < -0.39 is 0 Å². The number of para-hydroxylation sites is 1. The molecule has 1 amide bonds. The molecule has 1 unspecified atom stereocenters. The van der Waals surface area contributed by atoms with Gasteiger partial charge in [-0.25, -0.2) is 0 Å². The lowest BCUT2D eigenvalue weighted by Gasteiger charge is -2.21. The van der Waals surface area contributed by atoms with E-state index in [0.717, 1.165) is 18.7 Å². The summed E-state index contributed by atoms with van der Waals surface area (Å²) in [6.45, 7) is 2.94. The van der Waals surface area contributed by atoms with Crippen LogP contribution in [-0.4, -0.2) is 27.5 Å². The number of nitrogens with zero attached hydrogens (tertiary/aromatic N) is 3. The first-order chi connectivity index (χ1) is 9.65. The Labute approximate surface area is 122 Å². The molecular weight excluding hydrogens is 270 g/mol. The van der Waals surface area contributed by atoms with Gasteiger partial charge in [0, 0.05) is 29.9 Å². The number of fused-ring (bicyclic) bond motifs is 1. The molecule has 0 saturated heterocycles. The van der Waals surface area contributed by atoms with E-state index in [9.17, 15) is 4.79 Å². The van der Waals surface area contributed by atoms with Crippen LogP contribution in [0.1, 0.15) is 23.8 Å². The third kappa shape index (κ3) is 2.45. The zero-order valence-electron chi connectivity index (χ0n) is 11.6. The fourth-order valence-corrected chi connectivity index (χ4v) is 3.48. The Bertz CT molecular complexity index is 638. The van der Waals surface area contributed by atoms with Crippen LogP contribution < -0.4 is 4.90 Å². The van der Waals surface area contributed by atoms with Gasteiger partial charge >= 0.3 is 0 Å². The van der Waals surface area contributed by atoms with E-state index in [1.54, 1.807) is 16.9 Å². The van der Waals surface area contributed by atoms with Gasteiger partial charge in [0.1, 0.15) is 0 Å². The minimum Gasteiger partial charge on any atom is -0.306 e. The average Bonchev–Trinajstić information content (AvgIpc) is 2.79. The van der Waals surface area contributed by atoms with Gasteiger partial charge in [-0.05, 0) is 24.6 Å². The van der Waals surface area contributed by atoms with Gasteiger partial charge in [0.2, 0.25) is 0 Å². The largest absolute Gasteiger partial charge is 0.306 e. The summed E-state index contributed by atoms with van der Waals surface area (Å²) in [4.78, 5) is 15.7. The van der Waals surface area contributed by atoms with Gasteiger partial charge in [-0.15, -0.1) is 11.8 Å². The second-order valence-electron chi connectivity index (χ2n) is 5.02. The molecule has 0 radical (unpaired) electrons. The van der Waals surface area contributed by atoms with Crippen LogP contribution in [0.15, 0.2) is 41.4 Å². The monoisotopic (exact) mass is 287 g/mol. The lowest BCUT2D eigenvalue weighted by Crippen LogP contribution is -2.32. The Morgan fingerprint density at radius 1 is 1.35 bits per heavy atom. The number of carbonyl (C=O) groups is 1. The van der Waals surface area contributed by atoms with Gasteiger partial charge in [-0.2, -0.15) is 5.10 Å². The summed E-state index contributed by atoms with van der Waals surface area (Å²) in [5.74, 6) is -0.0206. The minimum absolute atomic E-state index is 0.0206. The lowest BCUT2D eigenvalue weighted by molar-refractivity contribution is 0.0981. The zero-order chi connectivity index (χ0) is 14.1. The number of amides is 1. The van der Waals surface area contributed by atoms with Crippen molar-refractivity contribution in [3.05, 3.63) is 42.2 Å². The molecule has 1 aliphatic heterocycles. The molecule has 0 N–H and O–H groups in total. The predicted molar refractivity (Wildman–Crippen MR) is 81.3 cm³/mol. The quantitative estimate of drug-likeness (QED) is 0.809. The molecule has 1 aromatic heterocycles. The van der Waals surface area contributed by atoms with Crippen LogP contribution in [0.2, 0.25) is 0 Å². The van der Waals surface area contributed by atoms with Crippen molar-refractivity contribution in [2.24, 2.45) is 7.05 Å². The Balaban J connectivity index is 1.99. The molecule has 20 heavy (non-hydrogen) atoms. The first kappa shape index (κ1) is 13.2. The van der Waals surface area contributed by atoms with Crippen LogP contribution in [0.25, 0.3) is 0 Å². The SMILES string of the molecule is CC1CCN(C(=O)c2ccn(C)n2)c2ccccc2S1. The molecule has 1 atom stereocenters. The molecule has 3 rings (SSSR count). The predicted octanol–water partition coefficient (Wildman–Crippen LogP) is 2.95. The summed E-state index contributed by atoms with van der Waals surface area (Å²) in [6.07, 6.45) is 2.78. The summed E-state index contributed by atoms with van der Waals surface area (Å²) in [5.41, 5.74) is 1.50. The Morgan fingerprint density at radius 3 is 2.90 bits per heavy atom. The van der Waals surface area contributed by atoms with Crippen molar-refractivity contribution in [3.8, 4) is 0 Å². The van der Waals surface area contributed by atoms with Crippen LogP contribution in [0.5, 0.6) is 0 Å². The number of aromatic nitrogens is 2. The van der Waals surface area contributed by atoms with E-state index in [1.807, 2.05) is 41.9 Å². The van der Waals surface area contributed by atoms with Gasteiger partial charge in [-0.3, -0.25) is 9.48 Å². The highest BCUT2D eigenvalue weighted by atomic mass is 32.2. The summed E-state index contributed by atoms with van der Waals surface area (Å²) in [7, 11) is 1.82. The third-order valence-corrected chi connectivity index (χ3v) is 4.66. The molecular formula is C15H17N3OS. The number of hydrogen-bond acceptors (Lipinski definition) is 3. The molecule has 4 nitrogen and oxygen atoms in total. The smallest absolute Gasteiger partial charge is 0.278 e. The second-order valence-corrected chi connectivity index (χ2v) is 6.50. The van der Waals surface area contributed by atoms with Crippen molar-refractivity contribution in [1.82, 2.24) is 9.78 Å². The van der Waals surface area contributed by atoms with Gasteiger partial charge in [0.25, 0.3) is 5.91 Å². The standard InChI is InChI=1S/C15H17N3OS/c1-11-7-10-18(13-5-3-4-6-14(13)20-11)15(19)12-8-9-17(2)16-12/h3-6,8-9,11H,7,10H2,1-2H3. The molecule has 0 bridgehead atoms. The van der Waals surface area contributed by atoms with Crippen molar-refractivity contribution in [2.75, 3.05) is 11.4 Å². The topological polar surface area (TPSA) is 38.1 Å². The Hall–Kier alpha value is -1.75. The maximum Gasteiger partial charge on any atom is 0.278 e. The number of hydrogen-bond donors (Lipinski definition) is 0. The summed E-state index contributed by atoms with van der Waals surface area (Å²) < 4.78 is 1.66. The second kappa shape index (κ2) is 5.32. The van der Waals surface area contributed by atoms with E-state index in [1.165, 1.54) is 4.90 Å². The fourth-order valence-electron chi connectivity index (χ4n) is 2.37. The lowest BCUT2D eigenvalue weighted by atomic mass is 10.2. The molecule has 0 fully saturated rings. The van der Waals surface area contributed by atoms with E-state index in [2.05, 4.69) is 18.1 Å². The van der Waals surface area contributed by atoms with Gasteiger partial charge in [-0.1, -0.05) is 19.1 Å². The number of carbonyl (C=O) groups excluding carboxylic acids is 1. The molecule has 0 spiro atoms. The zero-order valence-corrected chi connectivity index (χ0v) is 12.4. The summed E-state index contributed by atoms with van der Waals surface area (Å²) in [5, 5.41) is 4.74. The maximum atomic E-state index is 12.7. The molecule has 2 heterocycles. The molecule has 1 aromatic carbocycles. The van der Waals surface area contributed by atoms with Crippen molar-refractivity contribution < 1.29 is 4.79 Å². The van der Waals surface area contributed by atoms with E-state index in [0.29, 0.717) is 10.9 Å². The van der Waals surface area contributed by atoms with Crippen molar-refractivity contribution in [2.45, 2.75) is 23.5 Å². The number of thioether (sulfide) groups is 1. The normalized spacial score (nSPS) is 18.5. The highest BCUT2D eigenvalue weighted by molar-refractivity contribution is 8.00. The van der Waals surface area contributed by atoms with E-state index in [-0.39, 0.29) is 5.91 Å². The van der Waals surface area contributed by atoms with Crippen LogP contribution in [0, 0.1) is 0 Å². The first-order valence-corrected chi connectivity index (χ1v) is 7.60. The number of benzene rings is 1. The number of rotatable bonds is 1. The Kier molecular flexibility index (Phi) is 3.53. The van der Waals surface area contributed by atoms with Crippen LogP contribution >= 0.6 is 11.8 Å². The number of aryl methyl sites for hydroxylation is 1. The molecule has 5 heteroatoms. The Morgan fingerprint density at radius 2 is 2.15 bits per heavy atom. The highest BCUT2D eigenvalue weighted by Gasteiger charge is 2.25. The van der Waals surface area contributed by atoms with Crippen molar-refractivity contribution >= 4 is 23.4 Å². The van der Waals surface area contributed by atoms with Gasteiger partial charge in [0.05, 0.1) is 5.69 Å². The molecule has 2 aromatic rings. The first-order valence-electron chi connectivity index (χ1n) is 6.72. The maximum absolute atomic E-state index is 12.7. The third-order valence-electron chi connectivity index (χ3n) is 3.42. The fraction of sp³-hybridized carbons (Fsp3) is 0.333. The summed E-state index contributed by atoms with van der Waals surface area (Å²) in [6, 6.07) is 9.87. The van der Waals surface area contributed by atoms with Crippen LogP contribution in [0.3, 0.4) is 0 Å². The molecule has 0 aliphatic carbocycles. The average molecular weight is 287 g/mol. The van der Waals surface area contributed by atoms with Crippen LogP contribution in [0.4, 0.5) is 5.69 Å². The van der Waals surface area contributed by atoms with Gasteiger partial charge in [0.15, 0.2) is 5.69 Å². The van der Waals surface area contributed by atoms with Crippen molar-refractivity contribution in [3.63, 3.8) is 0 Å². The van der Waals surface area contributed by atoms with Crippen molar-refractivity contribution in [1.29, 1.82) is 0 Å². The summed E-state index contributed by atoms with van der Waals surface area (Å²) >= 11 is 1.83. The van der Waals surface area contributed by atoms with Crippen LogP contribution in [-0.2, 0) is 7.05 Å². The van der Waals surface area contributed by atoms with E-state index in [4.69, 9.17) is 0 Å². The van der Waals surface area contributed by atoms with E-state index >= 15 is 0 Å². The molecule has 104 valence electrons.